The second-order valence-electron chi connectivity index (χ2n) is 6.71. The van der Waals surface area contributed by atoms with Crippen molar-refractivity contribution >= 4 is 57.4 Å². The molecule has 0 saturated carbocycles. The zero-order valence-corrected chi connectivity index (χ0v) is 17.7. The van der Waals surface area contributed by atoms with Crippen molar-refractivity contribution in [1.29, 1.82) is 0 Å². The van der Waals surface area contributed by atoms with E-state index in [2.05, 4.69) is 15.3 Å². The number of aromatic nitrogens is 2. The van der Waals surface area contributed by atoms with Crippen LogP contribution in [-0.4, -0.2) is 15.9 Å². The summed E-state index contributed by atoms with van der Waals surface area (Å²) in [5.74, 6) is 0.495. The average Bonchev–Trinajstić information content (AvgIpc) is 3.09. The number of amides is 1. The highest BCUT2D eigenvalue weighted by Crippen LogP contribution is 2.27. The van der Waals surface area contributed by atoms with Crippen LogP contribution in [0, 0.1) is 6.92 Å². The zero-order valence-electron chi connectivity index (χ0n) is 15.4. The largest absolute Gasteiger partial charge is 0.342 e. The maximum Gasteiger partial charge on any atom is 0.255 e. The van der Waals surface area contributed by atoms with Gasteiger partial charge in [0.2, 0.25) is 0 Å². The minimum Gasteiger partial charge on any atom is -0.342 e. The van der Waals surface area contributed by atoms with Crippen molar-refractivity contribution in [3.8, 4) is 0 Å². The van der Waals surface area contributed by atoms with Crippen LogP contribution in [0.3, 0.4) is 0 Å². The van der Waals surface area contributed by atoms with Gasteiger partial charge in [-0.25, -0.2) is 4.98 Å². The van der Waals surface area contributed by atoms with Crippen LogP contribution in [0.2, 0.25) is 15.1 Å². The summed E-state index contributed by atoms with van der Waals surface area (Å²) in [4.78, 5) is 20.4. The van der Waals surface area contributed by atoms with Crippen LogP contribution in [0.4, 0.5) is 5.69 Å². The fourth-order valence-electron chi connectivity index (χ4n) is 3.03. The Morgan fingerprint density at radius 1 is 1.00 bits per heavy atom. The predicted molar refractivity (Wildman–Crippen MR) is 120 cm³/mol. The Bertz CT molecular complexity index is 1210. The highest BCUT2D eigenvalue weighted by atomic mass is 35.5. The highest BCUT2D eigenvalue weighted by molar-refractivity contribution is 6.36. The lowest BCUT2D eigenvalue weighted by atomic mass is 10.1. The Labute approximate surface area is 182 Å². The van der Waals surface area contributed by atoms with Crippen molar-refractivity contribution in [1.82, 2.24) is 9.97 Å². The summed E-state index contributed by atoms with van der Waals surface area (Å²) in [5.41, 5.74) is 4.44. The molecule has 146 valence electrons. The maximum absolute atomic E-state index is 12.6. The van der Waals surface area contributed by atoms with Crippen molar-refractivity contribution in [2.45, 2.75) is 13.3 Å². The summed E-state index contributed by atoms with van der Waals surface area (Å²) in [6, 6.07) is 16.1. The van der Waals surface area contributed by atoms with E-state index in [0.29, 0.717) is 32.7 Å². The van der Waals surface area contributed by atoms with Crippen LogP contribution in [0.25, 0.3) is 11.0 Å². The van der Waals surface area contributed by atoms with Gasteiger partial charge in [0.15, 0.2) is 0 Å². The number of imidazole rings is 1. The first-order chi connectivity index (χ1) is 13.9. The molecule has 0 aliphatic heterocycles. The van der Waals surface area contributed by atoms with E-state index < -0.39 is 0 Å². The van der Waals surface area contributed by atoms with Gasteiger partial charge in [0.1, 0.15) is 5.82 Å². The minimum absolute atomic E-state index is 0.225. The fraction of sp³-hybridized carbons (Fsp3) is 0.0909. The lowest BCUT2D eigenvalue weighted by Gasteiger charge is -2.07. The number of carbonyl (C=O) groups is 1. The van der Waals surface area contributed by atoms with E-state index >= 15 is 0 Å². The van der Waals surface area contributed by atoms with Gasteiger partial charge in [0.25, 0.3) is 5.91 Å². The van der Waals surface area contributed by atoms with Gasteiger partial charge in [-0.3, -0.25) is 4.79 Å². The molecule has 4 rings (SSSR count). The molecule has 3 aromatic carbocycles. The number of hydrogen-bond donors (Lipinski definition) is 2. The number of nitrogens with zero attached hydrogens (tertiary/aromatic N) is 1. The number of aromatic amines is 1. The molecule has 0 fully saturated rings. The molecule has 0 saturated heterocycles. The second kappa shape index (κ2) is 8.07. The average molecular weight is 445 g/mol. The van der Waals surface area contributed by atoms with Crippen molar-refractivity contribution < 1.29 is 4.79 Å². The molecule has 1 aromatic heterocycles. The molecule has 4 nitrogen and oxygen atoms in total. The van der Waals surface area contributed by atoms with Crippen molar-refractivity contribution in [3.05, 3.63) is 92.2 Å². The molecule has 1 amide bonds. The normalized spacial score (nSPS) is 11.0. The molecular formula is C22H16Cl3N3O. The summed E-state index contributed by atoms with van der Waals surface area (Å²) in [5, 5.41) is 4.65. The van der Waals surface area contributed by atoms with E-state index in [9.17, 15) is 4.79 Å². The standard InChI is InChI=1S/C22H16Cl3N3O/c1-12-5-7-14(10-18(12)25)26-22(29)13-6-8-19-20(9-13)28-21(27-19)11-15-16(23)3-2-4-17(15)24/h2-10H,11H2,1H3,(H,26,29)(H,27,28). The SMILES string of the molecule is Cc1ccc(NC(=O)c2ccc3nc(Cc4c(Cl)cccc4Cl)[nH]c3c2)cc1Cl. The second-order valence-corrected chi connectivity index (χ2v) is 7.93. The monoisotopic (exact) mass is 443 g/mol. The number of H-pyrrole nitrogens is 1. The maximum atomic E-state index is 12.6. The van der Waals surface area contributed by atoms with E-state index in [0.717, 1.165) is 28.0 Å². The molecule has 0 aliphatic rings. The Morgan fingerprint density at radius 2 is 1.76 bits per heavy atom. The lowest BCUT2D eigenvalue weighted by Crippen LogP contribution is -2.11. The van der Waals surface area contributed by atoms with Gasteiger partial charge in [-0.1, -0.05) is 46.9 Å². The van der Waals surface area contributed by atoms with Gasteiger partial charge in [-0.15, -0.1) is 0 Å². The van der Waals surface area contributed by atoms with Crippen LogP contribution >= 0.6 is 34.8 Å². The number of benzene rings is 3. The number of aryl methyl sites for hydroxylation is 1. The number of rotatable bonds is 4. The summed E-state index contributed by atoms with van der Waals surface area (Å²) >= 11 is 18.6. The number of halogens is 3. The molecule has 0 spiro atoms. The Balaban J connectivity index is 1.58. The zero-order chi connectivity index (χ0) is 20.5. The van der Waals surface area contributed by atoms with E-state index in [-0.39, 0.29) is 5.91 Å². The van der Waals surface area contributed by atoms with Crippen LogP contribution < -0.4 is 5.32 Å². The summed E-state index contributed by atoms with van der Waals surface area (Å²) in [6.07, 6.45) is 0.469. The molecule has 0 radical (unpaired) electrons. The number of anilines is 1. The Hall–Kier alpha value is -2.53. The van der Waals surface area contributed by atoms with Crippen molar-refractivity contribution in [3.63, 3.8) is 0 Å². The molecule has 7 heteroatoms. The summed E-state index contributed by atoms with van der Waals surface area (Å²) in [6.45, 7) is 1.91. The fourth-order valence-corrected chi connectivity index (χ4v) is 3.74. The van der Waals surface area contributed by atoms with Crippen LogP contribution in [0.1, 0.15) is 27.3 Å². The molecule has 29 heavy (non-hydrogen) atoms. The first-order valence-electron chi connectivity index (χ1n) is 8.90. The molecular weight excluding hydrogens is 429 g/mol. The molecule has 0 unspecified atom stereocenters. The summed E-state index contributed by atoms with van der Waals surface area (Å²) in [7, 11) is 0. The van der Waals surface area contributed by atoms with Gasteiger partial charge in [0, 0.05) is 32.7 Å². The van der Waals surface area contributed by atoms with Crippen LogP contribution in [0.5, 0.6) is 0 Å². The lowest BCUT2D eigenvalue weighted by molar-refractivity contribution is 0.102. The smallest absolute Gasteiger partial charge is 0.255 e. The van der Waals surface area contributed by atoms with E-state index in [1.165, 1.54) is 0 Å². The van der Waals surface area contributed by atoms with Crippen molar-refractivity contribution in [2.24, 2.45) is 0 Å². The van der Waals surface area contributed by atoms with Crippen LogP contribution in [-0.2, 0) is 6.42 Å². The third kappa shape index (κ3) is 4.25. The molecule has 4 aromatic rings. The van der Waals surface area contributed by atoms with Crippen molar-refractivity contribution in [2.75, 3.05) is 5.32 Å². The molecule has 1 heterocycles. The highest BCUT2D eigenvalue weighted by Gasteiger charge is 2.12. The van der Waals surface area contributed by atoms with Gasteiger partial charge < -0.3 is 10.3 Å². The third-order valence-corrected chi connectivity index (χ3v) is 5.74. The van der Waals surface area contributed by atoms with Gasteiger partial charge in [-0.05, 0) is 60.5 Å². The molecule has 0 atom stereocenters. The first kappa shape index (κ1) is 19.8. The Kier molecular flexibility index (Phi) is 5.50. The van der Waals surface area contributed by atoms with Gasteiger partial charge in [0.05, 0.1) is 11.0 Å². The predicted octanol–water partition coefficient (Wildman–Crippen LogP) is 6.67. The minimum atomic E-state index is -0.225. The number of carbonyl (C=O) groups excluding carboxylic acids is 1. The van der Waals surface area contributed by atoms with Gasteiger partial charge >= 0.3 is 0 Å². The Morgan fingerprint density at radius 3 is 2.48 bits per heavy atom. The molecule has 2 N–H and O–H groups in total. The first-order valence-corrected chi connectivity index (χ1v) is 10.0. The number of hydrogen-bond acceptors (Lipinski definition) is 2. The van der Waals surface area contributed by atoms with Gasteiger partial charge in [-0.2, -0.15) is 0 Å². The number of nitrogens with one attached hydrogen (secondary N) is 2. The van der Waals surface area contributed by atoms with Crippen LogP contribution in [0.15, 0.2) is 54.6 Å². The van der Waals surface area contributed by atoms with E-state index in [4.69, 9.17) is 34.8 Å². The third-order valence-electron chi connectivity index (χ3n) is 4.63. The molecule has 0 bridgehead atoms. The number of fused-ring (bicyclic) bond motifs is 1. The van der Waals surface area contributed by atoms with E-state index in [1.807, 2.05) is 19.1 Å². The summed E-state index contributed by atoms with van der Waals surface area (Å²) < 4.78 is 0. The quantitative estimate of drug-likeness (QED) is 0.369. The topological polar surface area (TPSA) is 57.8 Å². The molecule has 0 aliphatic carbocycles. The van der Waals surface area contributed by atoms with E-state index in [1.54, 1.807) is 42.5 Å².